The van der Waals surface area contributed by atoms with Crippen LogP contribution in [0.1, 0.15) is 18.6 Å². The van der Waals surface area contributed by atoms with Gasteiger partial charge in [0, 0.05) is 29.7 Å². The molecule has 0 bridgehead atoms. The van der Waals surface area contributed by atoms with Crippen molar-refractivity contribution in [3.8, 4) is 11.5 Å². The first kappa shape index (κ1) is 16.5. The van der Waals surface area contributed by atoms with Gasteiger partial charge in [0.1, 0.15) is 24.6 Å². The number of likely N-dealkylation sites (tertiary alicyclic amines) is 1. The van der Waals surface area contributed by atoms with E-state index in [2.05, 4.69) is 34.5 Å². The third-order valence-corrected chi connectivity index (χ3v) is 5.27. The summed E-state index contributed by atoms with van der Waals surface area (Å²) in [6.45, 7) is 4.21. The van der Waals surface area contributed by atoms with Crippen molar-refractivity contribution in [1.82, 2.24) is 4.90 Å². The minimum Gasteiger partial charge on any atom is -0.486 e. The van der Waals surface area contributed by atoms with E-state index in [1.54, 1.807) is 0 Å². The van der Waals surface area contributed by atoms with Crippen LogP contribution in [0.15, 0.2) is 52.9 Å². The number of furan rings is 1. The van der Waals surface area contributed by atoms with E-state index in [0.717, 1.165) is 48.2 Å². The van der Waals surface area contributed by atoms with Gasteiger partial charge in [-0.3, -0.25) is 4.90 Å². The Bertz CT molecular complexity index is 903. The second-order valence-electron chi connectivity index (χ2n) is 7.33. The lowest BCUT2D eigenvalue weighted by molar-refractivity contribution is 0.171. The number of hydrogen-bond donors (Lipinski definition) is 1. The molecule has 2 aromatic carbocycles. The maximum absolute atomic E-state index is 5.99. The largest absolute Gasteiger partial charge is 0.486 e. The van der Waals surface area contributed by atoms with Gasteiger partial charge in [-0.05, 0) is 43.7 Å². The molecule has 5 rings (SSSR count). The van der Waals surface area contributed by atoms with Crippen molar-refractivity contribution >= 4 is 16.7 Å². The Morgan fingerprint density at radius 2 is 1.89 bits per heavy atom. The SMILES string of the molecule is c1ccc2oc(CN3CCC[C@@H](Nc4ccc5c(c4)OCCO5)C3)cc2c1. The van der Waals surface area contributed by atoms with Gasteiger partial charge in [-0.2, -0.15) is 0 Å². The van der Waals surface area contributed by atoms with Crippen LogP contribution in [0.2, 0.25) is 0 Å². The number of ether oxygens (including phenoxy) is 2. The normalized spacial score (nSPS) is 19.9. The topological polar surface area (TPSA) is 46.9 Å². The van der Waals surface area contributed by atoms with E-state index < -0.39 is 0 Å². The summed E-state index contributed by atoms with van der Waals surface area (Å²) in [4.78, 5) is 2.47. The number of fused-ring (bicyclic) bond motifs is 2. The average molecular weight is 364 g/mol. The molecule has 1 aromatic heterocycles. The molecule has 140 valence electrons. The zero-order valence-electron chi connectivity index (χ0n) is 15.3. The molecule has 5 heteroatoms. The van der Waals surface area contributed by atoms with E-state index in [-0.39, 0.29) is 0 Å². The van der Waals surface area contributed by atoms with Crippen molar-refractivity contribution in [1.29, 1.82) is 0 Å². The Morgan fingerprint density at radius 1 is 1.00 bits per heavy atom. The predicted octanol–water partition coefficient (Wildman–Crippen LogP) is 4.28. The molecule has 0 aliphatic carbocycles. The van der Waals surface area contributed by atoms with Gasteiger partial charge < -0.3 is 19.2 Å². The summed E-state index contributed by atoms with van der Waals surface area (Å²) < 4.78 is 17.3. The first-order valence-electron chi connectivity index (χ1n) is 9.69. The van der Waals surface area contributed by atoms with Gasteiger partial charge in [0.2, 0.25) is 0 Å². The highest BCUT2D eigenvalue weighted by atomic mass is 16.6. The molecule has 5 nitrogen and oxygen atoms in total. The number of piperidine rings is 1. The highest BCUT2D eigenvalue weighted by Crippen LogP contribution is 2.33. The molecular formula is C22H24N2O3. The van der Waals surface area contributed by atoms with E-state index in [1.165, 1.54) is 18.2 Å². The van der Waals surface area contributed by atoms with Crippen molar-refractivity contribution in [2.45, 2.75) is 25.4 Å². The van der Waals surface area contributed by atoms with E-state index >= 15 is 0 Å². The first-order chi connectivity index (χ1) is 13.3. The zero-order chi connectivity index (χ0) is 18.1. The second-order valence-corrected chi connectivity index (χ2v) is 7.33. The molecule has 2 aliphatic heterocycles. The van der Waals surface area contributed by atoms with Crippen molar-refractivity contribution < 1.29 is 13.9 Å². The number of nitrogens with zero attached hydrogens (tertiary/aromatic N) is 1. The molecule has 1 saturated heterocycles. The molecule has 27 heavy (non-hydrogen) atoms. The molecular weight excluding hydrogens is 340 g/mol. The van der Waals surface area contributed by atoms with Crippen LogP contribution in [-0.2, 0) is 6.54 Å². The molecule has 3 aromatic rings. The van der Waals surface area contributed by atoms with E-state index in [1.807, 2.05) is 24.3 Å². The molecule has 0 saturated carbocycles. The standard InChI is InChI=1S/C22H24N2O3/c1-2-6-20-16(4-1)12-19(27-20)15-24-9-3-5-18(14-24)23-17-7-8-21-22(13-17)26-11-10-25-21/h1-2,4,6-8,12-13,18,23H,3,5,9-11,14-15H2/t18-/m1/s1. The fourth-order valence-corrected chi connectivity index (χ4v) is 4.02. The van der Waals surface area contributed by atoms with E-state index in [4.69, 9.17) is 13.9 Å². The van der Waals surface area contributed by atoms with Crippen LogP contribution in [0.3, 0.4) is 0 Å². The molecule has 2 aliphatic rings. The summed E-state index contributed by atoms with van der Waals surface area (Å²) in [7, 11) is 0. The molecule has 0 amide bonds. The fraction of sp³-hybridized carbons (Fsp3) is 0.364. The summed E-state index contributed by atoms with van der Waals surface area (Å²) in [6.07, 6.45) is 2.35. The minimum atomic E-state index is 0.422. The zero-order valence-corrected chi connectivity index (χ0v) is 15.3. The molecule has 0 spiro atoms. The maximum atomic E-state index is 5.99. The first-order valence-corrected chi connectivity index (χ1v) is 9.69. The highest BCUT2D eigenvalue weighted by Gasteiger charge is 2.21. The Balaban J connectivity index is 1.24. The number of nitrogens with one attached hydrogen (secondary N) is 1. The van der Waals surface area contributed by atoms with Crippen LogP contribution in [0.5, 0.6) is 11.5 Å². The molecule has 0 radical (unpaired) electrons. The molecule has 1 N–H and O–H groups in total. The van der Waals surface area contributed by atoms with Crippen LogP contribution in [0.25, 0.3) is 11.0 Å². The van der Waals surface area contributed by atoms with E-state index in [9.17, 15) is 0 Å². The van der Waals surface area contributed by atoms with E-state index in [0.29, 0.717) is 19.3 Å². The lowest BCUT2D eigenvalue weighted by Gasteiger charge is -2.33. The Labute approximate surface area is 158 Å². The van der Waals surface area contributed by atoms with Crippen LogP contribution in [0.4, 0.5) is 5.69 Å². The monoisotopic (exact) mass is 364 g/mol. The number of rotatable bonds is 4. The third kappa shape index (κ3) is 3.60. The molecule has 1 fully saturated rings. The maximum Gasteiger partial charge on any atom is 0.163 e. The van der Waals surface area contributed by atoms with Gasteiger partial charge in [0.25, 0.3) is 0 Å². The lowest BCUT2D eigenvalue weighted by atomic mass is 10.0. The second kappa shape index (κ2) is 7.16. The number of benzene rings is 2. The Morgan fingerprint density at radius 3 is 2.81 bits per heavy atom. The number of anilines is 1. The van der Waals surface area contributed by atoms with Gasteiger partial charge in [0.05, 0.1) is 6.54 Å². The summed E-state index contributed by atoms with van der Waals surface area (Å²) >= 11 is 0. The summed E-state index contributed by atoms with van der Waals surface area (Å²) in [5, 5.41) is 4.84. The highest BCUT2D eigenvalue weighted by molar-refractivity contribution is 5.77. The average Bonchev–Trinajstić information content (AvgIpc) is 3.10. The quantitative estimate of drug-likeness (QED) is 0.749. The van der Waals surface area contributed by atoms with Crippen LogP contribution < -0.4 is 14.8 Å². The molecule has 3 heterocycles. The van der Waals surface area contributed by atoms with Crippen molar-refractivity contribution in [2.75, 3.05) is 31.6 Å². The van der Waals surface area contributed by atoms with Crippen molar-refractivity contribution in [2.24, 2.45) is 0 Å². The Kier molecular flexibility index (Phi) is 4.38. The van der Waals surface area contributed by atoms with Gasteiger partial charge in [-0.1, -0.05) is 18.2 Å². The van der Waals surface area contributed by atoms with Gasteiger partial charge in [-0.15, -0.1) is 0 Å². The number of para-hydroxylation sites is 1. The third-order valence-electron chi connectivity index (χ3n) is 5.27. The fourth-order valence-electron chi connectivity index (χ4n) is 4.02. The number of hydrogen-bond acceptors (Lipinski definition) is 5. The Hall–Kier alpha value is -2.66. The van der Waals surface area contributed by atoms with Crippen LogP contribution >= 0.6 is 0 Å². The predicted molar refractivity (Wildman–Crippen MR) is 106 cm³/mol. The van der Waals surface area contributed by atoms with Gasteiger partial charge in [-0.25, -0.2) is 0 Å². The summed E-state index contributed by atoms with van der Waals surface area (Å²) in [5.41, 5.74) is 2.06. The molecule has 1 atom stereocenters. The van der Waals surface area contributed by atoms with Crippen LogP contribution in [0, 0.1) is 0 Å². The van der Waals surface area contributed by atoms with Crippen molar-refractivity contribution in [3.05, 3.63) is 54.3 Å². The smallest absolute Gasteiger partial charge is 0.163 e. The summed E-state index contributed by atoms with van der Waals surface area (Å²) in [6, 6.07) is 16.9. The van der Waals surface area contributed by atoms with Crippen LogP contribution in [-0.4, -0.2) is 37.2 Å². The van der Waals surface area contributed by atoms with Gasteiger partial charge >= 0.3 is 0 Å². The lowest BCUT2D eigenvalue weighted by Crippen LogP contribution is -2.41. The molecule has 0 unspecified atom stereocenters. The minimum absolute atomic E-state index is 0.422. The summed E-state index contributed by atoms with van der Waals surface area (Å²) in [5.74, 6) is 2.71. The van der Waals surface area contributed by atoms with Gasteiger partial charge in [0.15, 0.2) is 11.5 Å². The van der Waals surface area contributed by atoms with Crippen molar-refractivity contribution in [3.63, 3.8) is 0 Å².